The summed E-state index contributed by atoms with van der Waals surface area (Å²) in [5, 5.41) is 3.20. The van der Waals surface area contributed by atoms with Crippen LogP contribution in [0.3, 0.4) is 0 Å². The molecule has 1 N–H and O–H groups in total. The molecule has 4 heteroatoms. The number of nitrogens with zero attached hydrogens (tertiary/aromatic N) is 1. The van der Waals surface area contributed by atoms with Gasteiger partial charge in [0.15, 0.2) is 0 Å². The van der Waals surface area contributed by atoms with E-state index in [2.05, 4.69) is 23.5 Å². The maximum Gasteiger partial charge on any atom is 0.227 e. The summed E-state index contributed by atoms with van der Waals surface area (Å²) in [6.45, 7) is 2.47. The van der Waals surface area contributed by atoms with Crippen molar-refractivity contribution < 1.29 is 9.59 Å². The van der Waals surface area contributed by atoms with Gasteiger partial charge in [0.2, 0.25) is 11.8 Å². The topological polar surface area (TPSA) is 49.4 Å². The van der Waals surface area contributed by atoms with Crippen LogP contribution in [0.4, 0.5) is 5.69 Å². The second-order valence-corrected chi connectivity index (χ2v) is 7.40. The predicted molar refractivity (Wildman–Crippen MR) is 102 cm³/mol. The molecule has 2 aromatic rings. The van der Waals surface area contributed by atoms with Crippen LogP contribution in [0, 0.1) is 12.8 Å². The summed E-state index contributed by atoms with van der Waals surface area (Å²) in [6.07, 6.45) is 3.41. The van der Waals surface area contributed by atoms with Gasteiger partial charge in [0, 0.05) is 18.7 Å². The summed E-state index contributed by atoms with van der Waals surface area (Å²) < 4.78 is 0. The zero-order valence-electron chi connectivity index (χ0n) is 15.1. The van der Waals surface area contributed by atoms with Crippen LogP contribution in [0.1, 0.15) is 42.0 Å². The molecule has 1 aliphatic heterocycles. The number of aryl methyl sites for hydroxylation is 2. The maximum atomic E-state index is 12.8. The van der Waals surface area contributed by atoms with Crippen LogP contribution >= 0.6 is 0 Å². The highest BCUT2D eigenvalue weighted by molar-refractivity contribution is 6.00. The summed E-state index contributed by atoms with van der Waals surface area (Å²) in [7, 11) is 0. The van der Waals surface area contributed by atoms with Crippen molar-refractivity contribution in [3.8, 4) is 0 Å². The fourth-order valence-corrected chi connectivity index (χ4v) is 4.12. The molecule has 0 saturated carbocycles. The number of rotatable bonds is 3. The van der Waals surface area contributed by atoms with E-state index < -0.39 is 0 Å². The first-order valence-electron chi connectivity index (χ1n) is 9.37. The SMILES string of the molecule is Cc1cccc(N2C[C@H](C(=O)N[C@H]3CCCc4ccccc43)CC2=O)c1. The highest BCUT2D eigenvalue weighted by atomic mass is 16.2. The van der Waals surface area contributed by atoms with Crippen molar-refractivity contribution in [2.24, 2.45) is 5.92 Å². The van der Waals surface area contributed by atoms with E-state index in [0.717, 1.165) is 30.5 Å². The Labute approximate surface area is 154 Å². The van der Waals surface area contributed by atoms with Gasteiger partial charge >= 0.3 is 0 Å². The third kappa shape index (κ3) is 3.24. The first kappa shape index (κ1) is 16.8. The van der Waals surface area contributed by atoms with Gasteiger partial charge < -0.3 is 10.2 Å². The van der Waals surface area contributed by atoms with Crippen molar-refractivity contribution in [3.05, 3.63) is 65.2 Å². The molecule has 0 aromatic heterocycles. The van der Waals surface area contributed by atoms with Gasteiger partial charge in [-0.25, -0.2) is 0 Å². The Hall–Kier alpha value is -2.62. The molecule has 2 aliphatic rings. The van der Waals surface area contributed by atoms with E-state index in [0.29, 0.717) is 6.54 Å². The second-order valence-electron chi connectivity index (χ2n) is 7.40. The Kier molecular flexibility index (Phi) is 4.49. The number of carbonyl (C=O) groups is 2. The normalized spacial score (nSPS) is 22.2. The fourth-order valence-electron chi connectivity index (χ4n) is 4.12. The molecule has 0 radical (unpaired) electrons. The molecule has 4 rings (SSSR count). The molecule has 4 nitrogen and oxygen atoms in total. The molecule has 1 saturated heterocycles. The molecule has 0 spiro atoms. The monoisotopic (exact) mass is 348 g/mol. The van der Waals surface area contributed by atoms with E-state index in [1.165, 1.54) is 11.1 Å². The van der Waals surface area contributed by atoms with Crippen LogP contribution in [0.25, 0.3) is 0 Å². The van der Waals surface area contributed by atoms with Crippen LogP contribution < -0.4 is 10.2 Å². The minimum atomic E-state index is -0.280. The third-order valence-electron chi connectivity index (χ3n) is 5.50. The smallest absolute Gasteiger partial charge is 0.227 e. The van der Waals surface area contributed by atoms with Crippen LogP contribution in [0.5, 0.6) is 0 Å². The van der Waals surface area contributed by atoms with Gasteiger partial charge in [-0.05, 0) is 55.0 Å². The molecular weight excluding hydrogens is 324 g/mol. The molecule has 26 heavy (non-hydrogen) atoms. The van der Waals surface area contributed by atoms with E-state index in [-0.39, 0.29) is 30.2 Å². The summed E-state index contributed by atoms with van der Waals surface area (Å²) in [5.74, 6) is -0.257. The van der Waals surface area contributed by atoms with Crippen LogP contribution in [0.15, 0.2) is 48.5 Å². The first-order valence-corrected chi connectivity index (χ1v) is 9.37. The second kappa shape index (κ2) is 6.94. The van der Waals surface area contributed by atoms with Gasteiger partial charge in [-0.3, -0.25) is 9.59 Å². The number of anilines is 1. The van der Waals surface area contributed by atoms with E-state index in [9.17, 15) is 9.59 Å². The molecule has 1 fully saturated rings. The molecule has 2 amide bonds. The van der Waals surface area contributed by atoms with Crippen molar-refractivity contribution >= 4 is 17.5 Å². The molecule has 2 aromatic carbocycles. The van der Waals surface area contributed by atoms with Crippen molar-refractivity contribution in [2.75, 3.05) is 11.4 Å². The summed E-state index contributed by atoms with van der Waals surface area (Å²) in [4.78, 5) is 27.0. The summed E-state index contributed by atoms with van der Waals surface area (Å²) in [6, 6.07) is 16.3. The third-order valence-corrected chi connectivity index (χ3v) is 5.50. The van der Waals surface area contributed by atoms with E-state index in [4.69, 9.17) is 0 Å². The molecular formula is C22H24N2O2. The van der Waals surface area contributed by atoms with Gasteiger partial charge in [0.05, 0.1) is 12.0 Å². The predicted octanol–water partition coefficient (Wildman–Crippen LogP) is 3.54. The fraction of sp³-hybridized carbons (Fsp3) is 0.364. The molecule has 2 atom stereocenters. The number of hydrogen-bond donors (Lipinski definition) is 1. The van der Waals surface area contributed by atoms with Crippen LogP contribution in [0.2, 0.25) is 0 Å². The van der Waals surface area contributed by atoms with E-state index in [1.54, 1.807) is 4.90 Å². The minimum Gasteiger partial charge on any atom is -0.349 e. The van der Waals surface area contributed by atoms with Crippen molar-refractivity contribution in [1.82, 2.24) is 5.32 Å². The molecule has 1 heterocycles. The Bertz CT molecular complexity index is 846. The average Bonchev–Trinajstić information content (AvgIpc) is 3.04. The number of nitrogens with one attached hydrogen (secondary N) is 1. The van der Waals surface area contributed by atoms with E-state index >= 15 is 0 Å². The summed E-state index contributed by atoms with van der Waals surface area (Å²) in [5.41, 5.74) is 4.55. The van der Waals surface area contributed by atoms with Gasteiger partial charge in [-0.2, -0.15) is 0 Å². The molecule has 0 unspecified atom stereocenters. The number of hydrogen-bond acceptors (Lipinski definition) is 2. The Morgan fingerprint density at radius 2 is 2.00 bits per heavy atom. The zero-order chi connectivity index (χ0) is 18.1. The number of fused-ring (bicyclic) bond motifs is 1. The van der Waals surface area contributed by atoms with Crippen LogP contribution in [-0.2, 0) is 16.0 Å². The molecule has 0 bridgehead atoms. The van der Waals surface area contributed by atoms with Crippen molar-refractivity contribution in [3.63, 3.8) is 0 Å². The highest BCUT2D eigenvalue weighted by Gasteiger charge is 2.36. The quantitative estimate of drug-likeness (QED) is 0.922. The minimum absolute atomic E-state index is 0.00444. The van der Waals surface area contributed by atoms with Gasteiger partial charge in [-0.15, -0.1) is 0 Å². The number of carbonyl (C=O) groups excluding carboxylic acids is 2. The Balaban J connectivity index is 1.46. The summed E-state index contributed by atoms with van der Waals surface area (Å²) >= 11 is 0. The van der Waals surface area contributed by atoms with Crippen molar-refractivity contribution in [2.45, 2.75) is 38.6 Å². The Morgan fingerprint density at radius 3 is 2.85 bits per heavy atom. The lowest BCUT2D eigenvalue weighted by atomic mass is 9.87. The highest BCUT2D eigenvalue weighted by Crippen LogP contribution is 2.31. The Morgan fingerprint density at radius 1 is 1.15 bits per heavy atom. The number of amides is 2. The maximum absolute atomic E-state index is 12.8. The lowest BCUT2D eigenvalue weighted by Gasteiger charge is -2.27. The van der Waals surface area contributed by atoms with Gasteiger partial charge in [0.25, 0.3) is 0 Å². The first-order chi connectivity index (χ1) is 12.6. The standard InChI is InChI=1S/C22H24N2O2/c1-15-6-4-9-18(12-15)24-14-17(13-21(24)25)22(26)23-20-11-5-8-16-7-2-3-10-19(16)20/h2-4,6-7,9-10,12,17,20H,5,8,11,13-14H2,1H3,(H,23,26)/t17-,20+/m1/s1. The van der Waals surface area contributed by atoms with Crippen molar-refractivity contribution in [1.29, 1.82) is 0 Å². The lowest BCUT2D eigenvalue weighted by Crippen LogP contribution is -2.36. The lowest BCUT2D eigenvalue weighted by molar-refractivity contribution is -0.127. The van der Waals surface area contributed by atoms with Gasteiger partial charge in [0.1, 0.15) is 0 Å². The van der Waals surface area contributed by atoms with E-state index in [1.807, 2.05) is 37.3 Å². The largest absolute Gasteiger partial charge is 0.349 e. The number of benzene rings is 2. The van der Waals surface area contributed by atoms with Gasteiger partial charge in [-0.1, -0.05) is 36.4 Å². The average molecular weight is 348 g/mol. The zero-order valence-corrected chi connectivity index (χ0v) is 15.1. The molecule has 1 aliphatic carbocycles. The molecule has 134 valence electrons. The van der Waals surface area contributed by atoms with Crippen LogP contribution in [-0.4, -0.2) is 18.4 Å².